The molecule has 1 N–H and O–H groups in total. The molecule has 1 aliphatic rings. The van der Waals surface area contributed by atoms with E-state index >= 15 is 0 Å². The summed E-state index contributed by atoms with van der Waals surface area (Å²) < 4.78 is 2.16. The van der Waals surface area contributed by atoms with E-state index < -0.39 is 0 Å². The number of para-hydroxylation sites is 1. The van der Waals surface area contributed by atoms with Crippen LogP contribution in [0.5, 0.6) is 0 Å². The zero-order valence-electron chi connectivity index (χ0n) is 14.1. The Hall–Kier alpha value is -2.39. The molecule has 1 aliphatic carbocycles. The number of aryl methyl sites for hydroxylation is 2. The standard InChI is InChI=1S/C21H23N3/c1-16-22-12-13-24(16)21-9-5-4-8-19(21)15-23-20-11-10-17-6-2-3-7-18(17)14-20/h2-9,12-13,20,23H,10-11,14-15H2,1H3/t20-/m0/s1. The predicted molar refractivity (Wildman–Crippen MR) is 97.4 cm³/mol. The Morgan fingerprint density at radius 1 is 1.08 bits per heavy atom. The molecule has 4 rings (SSSR count). The summed E-state index contributed by atoms with van der Waals surface area (Å²) in [5.74, 6) is 1.02. The number of hydrogen-bond donors (Lipinski definition) is 1. The van der Waals surface area contributed by atoms with Crippen molar-refractivity contribution in [2.75, 3.05) is 0 Å². The lowest BCUT2D eigenvalue weighted by Crippen LogP contribution is -2.34. The fourth-order valence-electron chi connectivity index (χ4n) is 3.65. The van der Waals surface area contributed by atoms with E-state index in [1.807, 2.05) is 19.3 Å². The predicted octanol–water partition coefficient (Wildman–Crippen LogP) is 3.83. The quantitative estimate of drug-likeness (QED) is 0.792. The van der Waals surface area contributed by atoms with Crippen LogP contribution in [0, 0.1) is 6.92 Å². The first kappa shape index (κ1) is 15.2. The van der Waals surface area contributed by atoms with Gasteiger partial charge in [-0.15, -0.1) is 0 Å². The second kappa shape index (κ2) is 6.62. The summed E-state index contributed by atoms with van der Waals surface area (Å²) in [6.45, 7) is 2.93. The minimum absolute atomic E-state index is 0.553. The average Bonchev–Trinajstić information content (AvgIpc) is 3.06. The molecule has 2 aromatic carbocycles. The largest absolute Gasteiger partial charge is 0.310 e. The molecular formula is C21H23N3. The van der Waals surface area contributed by atoms with Gasteiger partial charge in [0, 0.05) is 25.0 Å². The molecule has 1 atom stereocenters. The Bertz CT molecular complexity index is 834. The summed E-state index contributed by atoms with van der Waals surface area (Å²) in [5.41, 5.74) is 5.55. The molecule has 0 radical (unpaired) electrons. The number of nitrogens with zero attached hydrogens (tertiary/aromatic N) is 2. The van der Waals surface area contributed by atoms with Crippen LogP contribution in [0.25, 0.3) is 5.69 Å². The van der Waals surface area contributed by atoms with E-state index in [4.69, 9.17) is 0 Å². The summed E-state index contributed by atoms with van der Waals surface area (Å²) in [4.78, 5) is 4.35. The minimum Gasteiger partial charge on any atom is -0.310 e. The Kier molecular flexibility index (Phi) is 4.18. The molecule has 0 saturated carbocycles. The molecule has 24 heavy (non-hydrogen) atoms. The van der Waals surface area contributed by atoms with Gasteiger partial charge in [0.15, 0.2) is 0 Å². The lowest BCUT2D eigenvalue weighted by molar-refractivity contribution is 0.457. The van der Waals surface area contributed by atoms with E-state index in [2.05, 4.69) is 63.4 Å². The normalized spacial score (nSPS) is 16.8. The van der Waals surface area contributed by atoms with Crippen molar-refractivity contribution in [2.24, 2.45) is 0 Å². The molecule has 1 heterocycles. The van der Waals surface area contributed by atoms with Crippen molar-refractivity contribution < 1.29 is 0 Å². The first-order valence-electron chi connectivity index (χ1n) is 8.69. The summed E-state index contributed by atoms with van der Waals surface area (Å²) in [6.07, 6.45) is 7.41. The van der Waals surface area contributed by atoms with Gasteiger partial charge in [-0.3, -0.25) is 0 Å². The highest BCUT2D eigenvalue weighted by molar-refractivity contribution is 5.42. The first-order chi connectivity index (χ1) is 11.8. The SMILES string of the molecule is Cc1nccn1-c1ccccc1CN[C@H]1CCc2ccccc2C1. The first-order valence-corrected chi connectivity index (χ1v) is 8.69. The van der Waals surface area contributed by atoms with E-state index in [9.17, 15) is 0 Å². The second-order valence-corrected chi connectivity index (χ2v) is 6.56. The van der Waals surface area contributed by atoms with Crippen LogP contribution < -0.4 is 5.32 Å². The van der Waals surface area contributed by atoms with E-state index in [0.717, 1.165) is 18.8 Å². The molecule has 0 bridgehead atoms. The molecule has 0 unspecified atom stereocenters. The van der Waals surface area contributed by atoms with Gasteiger partial charge in [-0.2, -0.15) is 0 Å². The minimum atomic E-state index is 0.553. The van der Waals surface area contributed by atoms with Crippen LogP contribution in [-0.2, 0) is 19.4 Å². The van der Waals surface area contributed by atoms with E-state index in [1.54, 1.807) is 0 Å². The molecule has 1 aromatic heterocycles. The van der Waals surface area contributed by atoms with Crippen LogP contribution in [0.1, 0.15) is 28.9 Å². The Morgan fingerprint density at radius 3 is 2.71 bits per heavy atom. The number of nitrogens with one attached hydrogen (secondary N) is 1. The summed E-state index contributed by atoms with van der Waals surface area (Å²) in [7, 11) is 0. The molecule has 0 spiro atoms. The zero-order chi connectivity index (χ0) is 16.4. The number of aromatic nitrogens is 2. The van der Waals surface area contributed by atoms with Gasteiger partial charge in [0.05, 0.1) is 5.69 Å². The van der Waals surface area contributed by atoms with Gasteiger partial charge in [-0.05, 0) is 48.9 Å². The van der Waals surface area contributed by atoms with Gasteiger partial charge < -0.3 is 9.88 Å². The molecule has 3 aromatic rings. The maximum atomic E-state index is 4.35. The van der Waals surface area contributed by atoms with Crippen molar-refractivity contribution in [1.82, 2.24) is 14.9 Å². The van der Waals surface area contributed by atoms with Crippen molar-refractivity contribution in [3.8, 4) is 5.69 Å². The molecule has 122 valence electrons. The van der Waals surface area contributed by atoms with Crippen LogP contribution in [0.4, 0.5) is 0 Å². The molecule has 0 aliphatic heterocycles. The third kappa shape index (κ3) is 3.00. The van der Waals surface area contributed by atoms with Gasteiger partial charge in [-0.1, -0.05) is 42.5 Å². The number of imidazole rings is 1. The van der Waals surface area contributed by atoms with E-state index in [0.29, 0.717) is 6.04 Å². The fraction of sp³-hybridized carbons (Fsp3) is 0.286. The highest BCUT2D eigenvalue weighted by Gasteiger charge is 2.18. The molecule has 3 heteroatoms. The van der Waals surface area contributed by atoms with Gasteiger partial charge >= 0.3 is 0 Å². The van der Waals surface area contributed by atoms with Gasteiger partial charge in [0.2, 0.25) is 0 Å². The zero-order valence-corrected chi connectivity index (χ0v) is 14.1. The van der Waals surface area contributed by atoms with Crippen LogP contribution >= 0.6 is 0 Å². The van der Waals surface area contributed by atoms with Crippen molar-refractivity contribution in [3.63, 3.8) is 0 Å². The third-order valence-electron chi connectivity index (χ3n) is 5.00. The monoisotopic (exact) mass is 317 g/mol. The van der Waals surface area contributed by atoms with Gasteiger partial charge in [0.25, 0.3) is 0 Å². The highest BCUT2D eigenvalue weighted by atomic mass is 15.1. The average molecular weight is 317 g/mol. The third-order valence-corrected chi connectivity index (χ3v) is 5.00. The molecule has 0 amide bonds. The Labute approximate surface area is 143 Å². The fourth-order valence-corrected chi connectivity index (χ4v) is 3.65. The topological polar surface area (TPSA) is 29.9 Å². The number of benzene rings is 2. The highest BCUT2D eigenvalue weighted by Crippen LogP contribution is 2.22. The van der Waals surface area contributed by atoms with Crippen LogP contribution in [-0.4, -0.2) is 15.6 Å². The summed E-state index contributed by atoms with van der Waals surface area (Å²) in [5, 5.41) is 3.77. The Balaban J connectivity index is 1.49. The van der Waals surface area contributed by atoms with Gasteiger partial charge in [0.1, 0.15) is 5.82 Å². The van der Waals surface area contributed by atoms with E-state index in [-0.39, 0.29) is 0 Å². The Morgan fingerprint density at radius 2 is 1.88 bits per heavy atom. The lowest BCUT2D eigenvalue weighted by atomic mass is 9.88. The number of rotatable bonds is 4. The lowest BCUT2D eigenvalue weighted by Gasteiger charge is -2.26. The summed E-state index contributed by atoms with van der Waals surface area (Å²) in [6, 6.07) is 18.0. The molecule has 0 saturated heterocycles. The maximum absolute atomic E-state index is 4.35. The molecule has 3 nitrogen and oxygen atoms in total. The van der Waals surface area contributed by atoms with E-state index in [1.165, 1.54) is 35.2 Å². The van der Waals surface area contributed by atoms with Crippen LogP contribution in [0.2, 0.25) is 0 Å². The van der Waals surface area contributed by atoms with Crippen LogP contribution in [0.3, 0.4) is 0 Å². The van der Waals surface area contributed by atoms with Gasteiger partial charge in [-0.25, -0.2) is 4.98 Å². The van der Waals surface area contributed by atoms with Crippen molar-refractivity contribution in [3.05, 3.63) is 83.4 Å². The summed E-state index contributed by atoms with van der Waals surface area (Å²) >= 11 is 0. The number of hydrogen-bond acceptors (Lipinski definition) is 2. The number of fused-ring (bicyclic) bond motifs is 1. The van der Waals surface area contributed by atoms with Crippen molar-refractivity contribution in [2.45, 2.75) is 38.8 Å². The molecule has 0 fully saturated rings. The second-order valence-electron chi connectivity index (χ2n) is 6.56. The van der Waals surface area contributed by atoms with Crippen molar-refractivity contribution in [1.29, 1.82) is 0 Å². The van der Waals surface area contributed by atoms with Crippen LogP contribution in [0.15, 0.2) is 60.9 Å². The van der Waals surface area contributed by atoms with Crippen molar-refractivity contribution >= 4 is 0 Å². The maximum Gasteiger partial charge on any atom is 0.110 e. The smallest absolute Gasteiger partial charge is 0.110 e. The molecular weight excluding hydrogens is 294 g/mol.